The van der Waals surface area contributed by atoms with Crippen molar-refractivity contribution in [3.05, 3.63) is 23.3 Å². The van der Waals surface area contributed by atoms with E-state index in [4.69, 9.17) is 4.74 Å². The molecular formula is C22H28O2. The highest BCUT2D eigenvalue weighted by Gasteiger charge is 2.76. The van der Waals surface area contributed by atoms with Gasteiger partial charge >= 0.3 is 0 Å². The third-order valence-electron chi connectivity index (χ3n) is 8.98. The quantitative estimate of drug-likeness (QED) is 0.615. The van der Waals surface area contributed by atoms with Gasteiger partial charge in [0, 0.05) is 18.3 Å². The smallest absolute Gasteiger partial charge is 0.137 e. The Balaban J connectivity index is 1.40. The van der Waals surface area contributed by atoms with Gasteiger partial charge in [0.15, 0.2) is 0 Å². The molecule has 0 bridgehead atoms. The molecule has 0 aromatic heterocycles. The normalized spacial score (nSPS) is 54.5. The third-order valence-corrected chi connectivity index (χ3v) is 8.98. The molecule has 1 heterocycles. The van der Waals surface area contributed by atoms with Crippen molar-refractivity contribution in [2.75, 3.05) is 6.61 Å². The van der Waals surface area contributed by atoms with Gasteiger partial charge in [0.25, 0.3) is 0 Å². The van der Waals surface area contributed by atoms with Crippen LogP contribution in [0.3, 0.4) is 0 Å². The molecule has 0 N–H and O–H groups in total. The molecule has 1 spiro atoms. The Hall–Kier alpha value is -0.890. The van der Waals surface area contributed by atoms with E-state index in [1.54, 1.807) is 11.1 Å². The highest BCUT2D eigenvalue weighted by Crippen LogP contribution is 2.77. The number of hydrogen-bond acceptors (Lipinski definition) is 2. The second-order valence-corrected chi connectivity index (χ2v) is 9.65. The first-order valence-electron chi connectivity index (χ1n) is 10.2. The fourth-order valence-electron chi connectivity index (χ4n) is 8.12. The van der Waals surface area contributed by atoms with E-state index in [9.17, 15) is 4.79 Å². The molecule has 6 aliphatic rings. The van der Waals surface area contributed by atoms with Crippen LogP contribution in [0.4, 0.5) is 0 Å². The number of ketones is 1. The SMILES string of the molecule is C[C@]12CC[C@@H]3C4=C(CC[C@H]3[C@@H]1[C@@H]1C[C@@H]1[C@@]21C=CCO1)CC(=O)CC4. The van der Waals surface area contributed by atoms with Crippen LogP contribution in [0.25, 0.3) is 0 Å². The number of ether oxygens (including phenoxy) is 1. The molecule has 2 heteroatoms. The van der Waals surface area contributed by atoms with Crippen LogP contribution in [-0.4, -0.2) is 18.0 Å². The first-order chi connectivity index (χ1) is 11.6. The molecule has 0 aromatic carbocycles. The third kappa shape index (κ3) is 1.51. The van der Waals surface area contributed by atoms with Crippen molar-refractivity contribution >= 4 is 5.78 Å². The highest BCUT2D eigenvalue weighted by atomic mass is 16.5. The van der Waals surface area contributed by atoms with Gasteiger partial charge in [0.05, 0.1) is 12.2 Å². The average Bonchev–Trinajstić information content (AvgIpc) is 3.13. The Bertz CT molecular complexity index is 688. The van der Waals surface area contributed by atoms with Crippen molar-refractivity contribution in [3.63, 3.8) is 0 Å². The average molecular weight is 324 g/mol. The topological polar surface area (TPSA) is 26.3 Å². The molecule has 1 aliphatic heterocycles. The van der Waals surface area contributed by atoms with Crippen LogP contribution in [0.5, 0.6) is 0 Å². The van der Waals surface area contributed by atoms with E-state index in [-0.39, 0.29) is 5.60 Å². The van der Waals surface area contributed by atoms with E-state index in [0.29, 0.717) is 11.2 Å². The lowest BCUT2D eigenvalue weighted by Gasteiger charge is -2.55. The van der Waals surface area contributed by atoms with Crippen LogP contribution in [0, 0.1) is 35.0 Å². The summed E-state index contributed by atoms with van der Waals surface area (Å²) in [6.45, 7) is 3.39. The Morgan fingerprint density at radius 1 is 1.17 bits per heavy atom. The summed E-state index contributed by atoms with van der Waals surface area (Å²) < 4.78 is 6.46. The molecule has 6 rings (SSSR count). The monoisotopic (exact) mass is 324 g/mol. The minimum Gasteiger partial charge on any atom is -0.366 e. The molecule has 5 aliphatic carbocycles. The Morgan fingerprint density at radius 2 is 2.08 bits per heavy atom. The van der Waals surface area contributed by atoms with Crippen molar-refractivity contribution in [2.24, 2.45) is 35.0 Å². The Labute approximate surface area is 144 Å². The lowest BCUT2D eigenvalue weighted by Crippen LogP contribution is -2.53. The van der Waals surface area contributed by atoms with Gasteiger partial charge in [0.1, 0.15) is 5.78 Å². The molecule has 2 nitrogen and oxygen atoms in total. The van der Waals surface area contributed by atoms with Crippen molar-refractivity contribution in [1.82, 2.24) is 0 Å². The van der Waals surface area contributed by atoms with E-state index < -0.39 is 0 Å². The maximum absolute atomic E-state index is 11.9. The lowest BCUT2D eigenvalue weighted by molar-refractivity contribution is -0.123. The molecular weight excluding hydrogens is 296 g/mol. The molecule has 0 saturated heterocycles. The zero-order valence-corrected chi connectivity index (χ0v) is 14.7. The lowest BCUT2D eigenvalue weighted by atomic mass is 9.50. The van der Waals surface area contributed by atoms with Crippen LogP contribution >= 0.6 is 0 Å². The summed E-state index contributed by atoms with van der Waals surface area (Å²) in [6.07, 6.45) is 14.0. The summed E-state index contributed by atoms with van der Waals surface area (Å²) in [6, 6.07) is 0. The first-order valence-corrected chi connectivity index (χ1v) is 10.2. The number of allylic oxidation sites excluding steroid dienone is 2. The summed E-state index contributed by atoms with van der Waals surface area (Å²) in [5, 5.41) is 0. The van der Waals surface area contributed by atoms with E-state index in [2.05, 4.69) is 19.1 Å². The molecule has 0 aromatic rings. The van der Waals surface area contributed by atoms with Crippen molar-refractivity contribution in [3.8, 4) is 0 Å². The van der Waals surface area contributed by atoms with Crippen LogP contribution < -0.4 is 0 Å². The minimum atomic E-state index is 0.0739. The highest BCUT2D eigenvalue weighted by molar-refractivity contribution is 5.82. The van der Waals surface area contributed by atoms with Crippen LogP contribution in [0.15, 0.2) is 23.3 Å². The molecule has 128 valence electrons. The van der Waals surface area contributed by atoms with Gasteiger partial charge in [-0.1, -0.05) is 30.2 Å². The first kappa shape index (κ1) is 14.3. The summed E-state index contributed by atoms with van der Waals surface area (Å²) in [5.41, 5.74) is 3.71. The van der Waals surface area contributed by atoms with Gasteiger partial charge in [-0.15, -0.1) is 0 Å². The zero-order valence-electron chi connectivity index (χ0n) is 14.7. The Morgan fingerprint density at radius 3 is 2.92 bits per heavy atom. The molecule has 0 radical (unpaired) electrons. The van der Waals surface area contributed by atoms with Gasteiger partial charge in [-0.2, -0.15) is 0 Å². The van der Waals surface area contributed by atoms with E-state index >= 15 is 0 Å². The standard InChI is InChI=1S/C22H28O2/c1-21-9-7-16-15-6-4-14(23)11-13(15)3-5-17(16)20(21)18-12-19(18)22(21)8-2-10-24-22/h2,8,16-20H,3-7,9-12H2,1H3/t16-,17-,18-,19+,20-,21+,22+/m1/s1. The maximum atomic E-state index is 11.9. The number of rotatable bonds is 0. The van der Waals surface area contributed by atoms with Gasteiger partial charge in [-0.05, 0) is 68.1 Å². The van der Waals surface area contributed by atoms with Crippen molar-refractivity contribution in [1.29, 1.82) is 0 Å². The summed E-state index contributed by atoms with van der Waals surface area (Å²) in [5.74, 6) is 4.71. The van der Waals surface area contributed by atoms with Crippen LogP contribution in [0.2, 0.25) is 0 Å². The van der Waals surface area contributed by atoms with Gasteiger partial charge in [0.2, 0.25) is 0 Å². The maximum Gasteiger partial charge on any atom is 0.137 e. The van der Waals surface area contributed by atoms with Gasteiger partial charge < -0.3 is 4.74 Å². The number of carbonyl (C=O) groups is 1. The van der Waals surface area contributed by atoms with E-state index in [1.807, 2.05) is 0 Å². The van der Waals surface area contributed by atoms with Gasteiger partial charge in [-0.25, -0.2) is 0 Å². The number of Topliss-reactive ketones (excluding diaryl/α,β-unsaturated/α-hetero) is 1. The van der Waals surface area contributed by atoms with Crippen LogP contribution in [-0.2, 0) is 9.53 Å². The predicted octanol–water partition coefficient (Wildman–Crippen LogP) is 4.45. The van der Waals surface area contributed by atoms with Crippen molar-refractivity contribution in [2.45, 2.75) is 63.9 Å². The van der Waals surface area contributed by atoms with Crippen molar-refractivity contribution < 1.29 is 9.53 Å². The summed E-state index contributed by atoms with van der Waals surface area (Å²) in [7, 11) is 0. The molecule has 0 unspecified atom stereocenters. The van der Waals surface area contributed by atoms with Crippen LogP contribution in [0.1, 0.15) is 58.3 Å². The number of fused-ring (bicyclic) bond motifs is 8. The second kappa shape index (κ2) is 4.44. The number of carbonyl (C=O) groups excluding carboxylic acids is 1. The molecule has 24 heavy (non-hydrogen) atoms. The number of hydrogen-bond donors (Lipinski definition) is 0. The molecule has 3 saturated carbocycles. The molecule has 3 fully saturated rings. The zero-order chi connectivity index (χ0) is 16.1. The Kier molecular flexibility index (Phi) is 2.64. The minimum absolute atomic E-state index is 0.0739. The summed E-state index contributed by atoms with van der Waals surface area (Å²) >= 11 is 0. The predicted molar refractivity (Wildman–Crippen MR) is 92.3 cm³/mol. The fourth-order valence-corrected chi connectivity index (χ4v) is 8.12. The second-order valence-electron chi connectivity index (χ2n) is 9.65. The molecule has 0 amide bonds. The summed E-state index contributed by atoms with van der Waals surface area (Å²) in [4.78, 5) is 11.9. The fraction of sp³-hybridized carbons (Fsp3) is 0.773. The van der Waals surface area contributed by atoms with Gasteiger partial charge in [-0.3, -0.25) is 4.79 Å². The van der Waals surface area contributed by atoms with E-state index in [1.165, 1.54) is 32.1 Å². The largest absolute Gasteiger partial charge is 0.366 e. The molecule has 7 atom stereocenters. The van der Waals surface area contributed by atoms with E-state index in [0.717, 1.165) is 55.5 Å².